The normalized spacial score (nSPS) is 10.8. The van der Waals surface area contributed by atoms with Crippen molar-refractivity contribution in [2.24, 2.45) is 0 Å². The van der Waals surface area contributed by atoms with E-state index in [-0.39, 0.29) is 117 Å². The quantitative estimate of drug-likeness (QED) is 0.0106. The van der Waals surface area contributed by atoms with E-state index in [1.165, 1.54) is 85.5 Å². The molecule has 0 saturated heterocycles. The lowest BCUT2D eigenvalue weighted by Gasteiger charge is -2.14. The number of allylic oxidation sites excluding steroid dienone is 12. The van der Waals surface area contributed by atoms with Crippen LogP contribution >= 0.6 is 0 Å². The van der Waals surface area contributed by atoms with Crippen LogP contribution in [0.25, 0.3) is 72.9 Å². The topological polar surface area (TPSA) is 442 Å². The molecule has 0 radical (unpaired) electrons. The van der Waals surface area contributed by atoms with Gasteiger partial charge in [0.05, 0.1) is 27.4 Å². The number of phenolic OH excluding ortho intramolecular Hbond substituents is 18. The molecule has 12 rings (SSSR count). The van der Waals surface area contributed by atoms with Crippen molar-refractivity contribution in [2.45, 2.75) is 142 Å². The van der Waals surface area contributed by atoms with Crippen LogP contribution in [-0.4, -0.2) is 130 Å². The summed E-state index contributed by atoms with van der Waals surface area (Å²) < 4.78 is 21.4. The molecule has 0 spiro atoms. The van der Waals surface area contributed by atoms with Crippen molar-refractivity contribution < 1.29 is 121 Å². The van der Waals surface area contributed by atoms with Gasteiger partial charge in [0, 0.05) is 34.9 Å². The van der Waals surface area contributed by atoms with Gasteiger partial charge in [0.1, 0.15) is 70.7 Å². The van der Waals surface area contributed by atoms with E-state index in [1.807, 2.05) is 170 Å². The first-order chi connectivity index (χ1) is 69.8. The molecule has 147 heavy (non-hydrogen) atoms. The summed E-state index contributed by atoms with van der Waals surface area (Å²) in [5.41, 5.74) is 22.5. The van der Waals surface area contributed by atoms with Crippen molar-refractivity contribution in [1.82, 2.24) is 0 Å². The lowest BCUT2D eigenvalue weighted by molar-refractivity contribution is 0.280. The monoisotopic (exact) mass is 2000 g/mol. The lowest BCUT2D eigenvalue weighted by atomic mass is 9.95. The third-order valence-corrected chi connectivity index (χ3v) is 21.9. The Kier molecular flexibility index (Phi) is 46.4. The molecule has 0 aliphatic carbocycles. The summed E-state index contributed by atoms with van der Waals surface area (Å²) in [6.45, 7) is 28.6. The number of ether oxygens (including phenoxy) is 4. The van der Waals surface area contributed by atoms with E-state index >= 15 is 0 Å². The Morgan fingerprint density at radius 2 is 0.463 bits per heavy atom. The summed E-state index contributed by atoms with van der Waals surface area (Å²) in [5.74, 6) is 1.39. The van der Waals surface area contributed by atoms with E-state index in [2.05, 4.69) is 12.2 Å². The third-order valence-electron chi connectivity index (χ3n) is 21.9. The molecular formula is C123H136O24. The van der Waals surface area contributed by atoms with Crippen LogP contribution in [0.1, 0.15) is 203 Å². The Bertz CT molecular complexity index is 6910. The summed E-state index contributed by atoms with van der Waals surface area (Å²) in [5, 5.41) is 195. The first-order valence-corrected chi connectivity index (χ1v) is 47.1. The van der Waals surface area contributed by atoms with E-state index in [0.717, 1.165) is 77.9 Å². The number of aliphatic hydroxyl groups is 2. The minimum absolute atomic E-state index is 0.0170. The number of methoxy groups -OCH3 is 2. The van der Waals surface area contributed by atoms with Gasteiger partial charge in [-0.1, -0.05) is 179 Å². The highest BCUT2D eigenvalue weighted by Crippen LogP contribution is 2.40. The number of rotatable bonds is 32. The van der Waals surface area contributed by atoms with Gasteiger partial charge < -0.3 is 121 Å². The van der Waals surface area contributed by atoms with E-state index in [4.69, 9.17) is 18.9 Å². The zero-order chi connectivity index (χ0) is 108. The molecule has 0 amide bonds. The van der Waals surface area contributed by atoms with Gasteiger partial charge in [-0.25, -0.2) is 0 Å². The molecule has 0 atom stereocenters. The highest BCUT2D eigenvalue weighted by Gasteiger charge is 2.18. The summed E-state index contributed by atoms with van der Waals surface area (Å²) in [6, 6.07) is 49.4. The SMILES string of the molecule is CC(C)=CCOc1cc(O)cc(/C=C/c2ccc(O)c(O)c2)c1.CC(C)=CCc1c(/C=C/c2ccc(O)c(O)c2)cc(O)cc1CO.CC(C)=CCc1c(O)cc(/C=C/c2ccc(O)c(O)c2)c(CC=C(C)C)c1O.CC(C)=CCc1c(O)cc(O)cc1/C=C/c1ccc(O)c(O)c1.COc1cc(/C=C/c2cc(O)cc(CO)c2CC=C(C)C)ccc1O.COc1cc(/C=C/c2cc(O)cc(OCC=C(C)C)c2)ccc1O. The van der Waals surface area contributed by atoms with Crippen molar-refractivity contribution in [3.63, 3.8) is 0 Å². The maximum atomic E-state index is 10.8. The van der Waals surface area contributed by atoms with Crippen LogP contribution in [0.2, 0.25) is 0 Å². The van der Waals surface area contributed by atoms with Gasteiger partial charge in [-0.3, -0.25) is 0 Å². The summed E-state index contributed by atoms with van der Waals surface area (Å²) in [4.78, 5) is 0. The molecule has 0 heterocycles. The van der Waals surface area contributed by atoms with Crippen LogP contribution in [0.4, 0.5) is 0 Å². The van der Waals surface area contributed by atoms with Crippen LogP contribution in [0.3, 0.4) is 0 Å². The molecular weight excluding hydrogens is 1860 g/mol. The minimum atomic E-state index is -0.199. The van der Waals surface area contributed by atoms with Crippen molar-refractivity contribution in [1.29, 1.82) is 0 Å². The molecule has 0 aromatic heterocycles. The molecule has 24 heteroatoms. The molecule has 20 N–H and O–H groups in total. The number of aromatic hydroxyl groups is 18. The molecule has 0 aliphatic heterocycles. The molecule has 12 aromatic rings. The Morgan fingerprint density at radius 3 is 0.769 bits per heavy atom. The van der Waals surface area contributed by atoms with E-state index in [1.54, 1.807) is 164 Å². The zero-order valence-corrected chi connectivity index (χ0v) is 85.8. The Labute approximate surface area is 860 Å². The summed E-state index contributed by atoms with van der Waals surface area (Å²) >= 11 is 0. The Hall–Kier alpha value is -17.2. The molecule has 24 nitrogen and oxygen atoms in total. The van der Waals surface area contributed by atoms with Crippen molar-refractivity contribution in [3.8, 4) is 126 Å². The van der Waals surface area contributed by atoms with Gasteiger partial charge in [-0.05, 0) is 364 Å². The fourth-order valence-corrected chi connectivity index (χ4v) is 13.9. The number of hydrogen-bond acceptors (Lipinski definition) is 24. The predicted molar refractivity (Wildman–Crippen MR) is 591 cm³/mol. The number of phenols is 18. The van der Waals surface area contributed by atoms with E-state index in [0.29, 0.717) is 118 Å². The highest BCUT2D eigenvalue weighted by molar-refractivity contribution is 5.80. The molecule has 0 fully saturated rings. The van der Waals surface area contributed by atoms with Gasteiger partial charge in [0.2, 0.25) is 0 Å². The molecule has 0 unspecified atom stereocenters. The highest BCUT2D eigenvalue weighted by atomic mass is 16.5. The summed E-state index contributed by atoms with van der Waals surface area (Å²) in [7, 11) is 3.01. The maximum Gasteiger partial charge on any atom is 0.161 e. The van der Waals surface area contributed by atoms with Crippen LogP contribution in [-0.2, 0) is 45.3 Å². The van der Waals surface area contributed by atoms with Gasteiger partial charge in [0.25, 0.3) is 0 Å². The minimum Gasteiger partial charge on any atom is -0.508 e. The van der Waals surface area contributed by atoms with Gasteiger partial charge >= 0.3 is 0 Å². The van der Waals surface area contributed by atoms with Crippen molar-refractivity contribution in [2.75, 3.05) is 27.4 Å². The second kappa shape index (κ2) is 58.4. The first kappa shape index (κ1) is 117. The molecule has 0 saturated carbocycles. The molecule has 772 valence electrons. The van der Waals surface area contributed by atoms with E-state index in [9.17, 15) is 102 Å². The van der Waals surface area contributed by atoms with Gasteiger partial charge in [-0.15, -0.1) is 0 Å². The Balaban J connectivity index is 0.000000239. The smallest absolute Gasteiger partial charge is 0.161 e. The third kappa shape index (κ3) is 39.9. The number of hydrogen-bond donors (Lipinski definition) is 20. The van der Waals surface area contributed by atoms with Crippen molar-refractivity contribution in [3.05, 3.63) is 375 Å². The predicted octanol–water partition coefficient (Wildman–Crippen LogP) is 27.1. The maximum absolute atomic E-state index is 10.8. The molecule has 0 bridgehead atoms. The summed E-state index contributed by atoms with van der Waals surface area (Å²) in [6.07, 6.45) is 38.6. The first-order valence-electron chi connectivity index (χ1n) is 47.1. The second-order valence-corrected chi connectivity index (χ2v) is 36.0. The van der Waals surface area contributed by atoms with Crippen LogP contribution < -0.4 is 18.9 Å². The van der Waals surface area contributed by atoms with Crippen LogP contribution in [0, 0.1) is 0 Å². The average Bonchev–Trinajstić information content (AvgIpc) is 0.812. The van der Waals surface area contributed by atoms with Gasteiger partial charge in [0.15, 0.2) is 69.0 Å². The number of benzene rings is 12. The zero-order valence-electron chi connectivity index (χ0n) is 85.8. The molecule has 12 aromatic carbocycles. The van der Waals surface area contributed by atoms with Crippen LogP contribution in [0.5, 0.6) is 126 Å². The Morgan fingerprint density at radius 1 is 0.211 bits per heavy atom. The second-order valence-electron chi connectivity index (χ2n) is 36.0. The molecule has 0 aliphatic rings. The standard InChI is InChI=1S/C24H28O4.C21H24O4.2C20H22O4.2C19H20O4/c1-15(2)5-10-19-18(9-7-17-8-12-21(25)23(27)13-17)14-22(26)20(24(19)28)11-6-16(3)4;1-14(2)4-8-19-16(11-18(23)12-17(19)13-22)7-5-15-6-9-20(24)21(10-15)25-3;1-13(2)3-7-18-15(10-17(22)11-16(18)12-21)6-4-14-5-8-19(23)20(24)9-14;1-14(2)8-9-24-18-11-16(10-17(21)13-18)5-4-15-6-7-19(22)20(12-15)23-3;1-12(2)3-7-16-14(10-15(20)11-18(16)22)6-4-13-5-8-17(21)19(23)9-13;1-13(2)7-8-23-17-10-15(9-16(20)12-17)4-3-14-5-6-18(21)19(22)11-14/h5-9,12-14,25-28H,10-11H2,1-4H3;4-7,9-12,22-24H,8,13H2,1-3H3;3-6,8-11,21-24H,7,12H2,1-2H3;4-8,10-13,21-22H,9H2,1-3H3;3-6,8-11,20-23H,7H2,1-2H3;3-7,9-12,20-22H,8H2,1-2H3/b9-7+;7-5+;6-4+;5-4+;6-4+;4-3+. The number of aliphatic hydroxyl groups excluding tert-OH is 2. The van der Waals surface area contributed by atoms with Crippen molar-refractivity contribution >= 4 is 72.9 Å². The van der Waals surface area contributed by atoms with Gasteiger partial charge in [-0.2, -0.15) is 0 Å². The van der Waals surface area contributed by atoms with Crippen LogP contribution in [0.15, 0.2) is 270 Å². The van der Waals surface area contributed by atoms with E-state index < -0.39 is 0 Å². The lowest BCUT2D eigenvalue weighted by Crippen LogP contribution is -1.97. The fourth-order valence-electron chi connectivity index (χ4n) is 13.9. The fraction of sp³-hybridized carbons (Fsp3) is 0.203. The largest absolute Gasteiger partial charge is 0.508 e. The average molecular weight is 2000 g/mol.